The molecule has 2 heterocycles. The summed E-state index contributed by atoms with van der Waals surface area (Å²) in [5, 5.41) is 8.76. The van der Waals surface area contributed by atoms with Crippen LogP contribution in [0.25, 0.3) is 11.4 Å². The van der Waals surface area contributed by atoms with Crippen LogP contribution in [0.1, 0.15) is 5.89 Å². The van der Waals surface area contributed by atoms with Gasteiger partial charge in [-0.1, -0.05) is 28.5 Å². The van der Waals surface area contributed by atoms with E-state index < -0.39 is 0 Å². The third-order valence-corrected chi connectivity index (χ3v) is 3.74. The molecular weight excluding hydrogens is 284 g/mol. The molecule has 0 aliphatic carbocycles. The minimum absolute atomic E-state index is 0.577. The Labute approximate surface area is 119 Å². The van der Waals surface area contributed by atoms with E-state index in [1.165, 1.54) is 0 Å². The molecule has 2 aromatic rings. The summed E-state index contributed by atoms with van der Waals surface area (Å²) < 4.78 is 5.21. The van der Waals surface area contributed by atoms with E-state index >= 15 is 0 Å². The van der Waals surface area contributed by atoms with Gasteiger partial charge in [0.25, 0.3) is 0 Å². The van der Waals surface area contributed by atoms with Crippen LogP contribution < -0.4 is 5.32 Å². The number of nitrogens with one attached hydrogen (secondary N) is 1. The van der Waals surface area contributed by atoms with Gasteiger partial charge in [-0.2, -0.15) is 4.98 Å². The average Bonchev–Trinajstić information content (AvgIpc) is 3.09. The summed E-state index contributed by atoms with van der Waals surface area (Å²) in [6.07, 6.45) is 0. The van der Waals surface area contributed by atoms with Crippen molar-refractivity contribution in [3.63, 3.8) is 0 Å². The van der Waals surface area contributed by atoms with Crippen molar-refractivity contribution < 1.29 is 4.52 Å². The molecule has 5 nitrogen and oxygen atoms in total. The van der Waals surface area contributed by atoms with Gasteiger partial charge in [0.1, 0.15) is 0 Å². The van der Waals surface area contributed by atoms with Crippen molar-refractivity contribution in [3.05, 3.63) is 35.2 Å². The first-order chi connectivity index (χ1) is 9.31. The fourth-order valence-electron chi connectivity index (χ4n) is 1.63. The van der Waals surface area contributed by atoms with Crippen molar-refractivity contribution in [2.24, 2.45) is 4.99 Å². The minimum Gasteiger partial charge on any atom is -0.363 e. The number of amidine groups is 1. The molecule has 0 saturated carbocycles. The standard InChI is InChI=1S/C12H11ClN4OS/c13-9-3-1-8(2-4-9)11-16-10(18-17-11)7-19-12-14-5-6-15-12/h1-4H,5-7H2,(H,14,15). The topological polar surface area (TPSA) is 63.3 Å². The molecule has 1 N–H and O–H groups in total. The number of aromatic nitrogens is 2. The van der Waals surface area contributed by atoms with Crippen molar-refractivity contribution in [2.45, 2.75) is 5.75 Å². The third-order valence-electron chi connectivity index (χ3n) is 2.55. The van der Waals surface area contributed by atoms with Crippen LogP contribution in [0.3, 0.4) is 0 Å². The van der Waals surface area contributed by atoms with Crippen LogP contribution in [0.4, 0.5) is 0 Å². The Morgan fingerprint density at radius 3 is 2.89 bits per heavy atom. The van der Waals surface area contributed by atoms with Crippen LogP contribution in [0.2, 0.25) is 5.02 Å². The lowest BCUT2D eigenvalue weighted by molar-refractivity contribution is 0.392. The lowest BCUT2D eigenvalue weighted by atomic mass is 10.2. The summed E-state index contributed by atoms with van der Waals surface area (Å²) in [6.45, 7) is 1.74. The molecule has 1 aromatic heterocycles. The zero-order valence-corrected chi connectivity index (χ0v) is 11.5. The van der Waals surface area contributed by atoms with Gasteiger partial charge in [0.05, 0.1) is 12.3 Å². The van der Waals surface area contributed by atoms with Crippen molar-refractivity contribution in [1.82, 2.24) is 15.5 Å². The Morgan fingerprint density at radius 2 is 2.16 bits per heavy atom. The van der Waals surface area contributed by atoms with Crippen LogP contribution in [-0.2, 0) is 5.75 Å². The molecule has 98 valence electrons. The summed E-state index contributed by atoms with van der Waals surface area (Å²) >= 11 is 7.41. The Kier molecular flexibility index (Phi) is 3.70. The normalized spacial score (nSPS) is 14.3. The van der Waals surface area contributed by atoms with Gasteiger partial charge in [-0.25, -0.2) is 0 Å². The summed E-state index contributed by atoms with van der Waals surface area (Å²) in [5.74, 6) is 1.78. The largest absolute Gasteiger partial charge is 0.363 e. The first-order valence-corrected chi connectivity index (χ1v) is 7.17. The van der Waals surface area contributed by atoms with Gasteiger partial charge in [-0.3, -0.25) is 4.99 Å². The number of hydrogen-bond donors (Lipinski definition) is 1. The Bertz CT molecular complexity index is 596. The summed E-state index contributed by atoms with van der Waals surface area (Å²) in [5.41, 5.74) is 0.890. The molecule has 3 rings (SSSR count). The van der Waals surface area contributed by atoms with Gasteiger partial charge in [-0.05, 0) is 24.3 Å². The second-order valence-electron chi connectivity index (χ2n) is 3.92. The minimum atomic E-state index is 0.577. The number of halogens is 1. The molecule has 19 heavy (non-hydrogen) atoms. The highest BCUT2D eigenvalue weighted by Gasteiger charge is 2.11. The maximum Gasteiger partial charge on any atom is 0.237 e. The molecule has 1 aliphatic heterocycles. The van der Waals surface area contributed by atoms with Gasteiger partial charge in [0.15, 0.2) is 5.17 Å². The highest BCUT2D eigenvalue weighted by atomic mass is 35.5. The predicted octanol–water partition coefficient (Wildman–Crippen LogP) is 2.58. The second kappa shape index (κ2) is 5.63. The molecule has 1 aliphatic rings. The first kappa shape index (κ1) is 12.5. The number of aliphatic imine (C=N–C) groups is 1. The van der Waals surface area contributed by atoms with Crippen molar-refractivity contribution in [3.8, 4) is 11.4 Å². The van der Waals surface area contributed by atoms with E-state index in [1.807, 2.05) is 12.1 Å². The number of hydrogen-bond acceptors (Lipinski definition) is 6. The van der Waals surface area contributed by atoms with E-state index in [-0.39, 0.29) is 0 Å². The molecule has 1 aromatic carbocycles. The highest BCUT2D eigenvalue weighted by Crippen LogP contribution is 2.20. The zero-order chi connectivity index (χ0) is 13.1. The van der Waals surface area contributed by atoms with Crippen molar-refractivity contribution in [2.75, 3.05) is 13.1 Å². The maximum absolute atomic E-state index is 5.84. The summed E-state index contributed by atoms with van der Waals surface area (Å²) in [4.78, 5) is 8.64. The fraction of sp³-hybridized carbons (Fsp3) is 0.250. The summed E-state index contributed by atoms with van der Waals surface area (Å²) in [7, 11) is 0. The number of nitrogens with zero attached hydrogens (tertiary/aromatic N) is 3. The van der Waals surface area contributed by atoms with Crippen LogP contribution >= 0.6 is 23.4 Å². The van der Waals surface area contributed by atoms with Crippen molar-refractivity contribution in [1.29, 1.82) is 0 Å². The van der Waals surface area contributed by atoms with E-state index in [2.05, 4.69) is 20.4 Å². The SMILES string of the molecule is Clc1ccc(-c2noc(CSC3=NCCN3)n2)cc1. The molecule has 0 unspecified atom stereocenters. The quantitative estimate of drug-likeness (QED) is 0.942. The lowest BCUT2D eigenvalue weighted by Gasteiger charge is -1.97. The second-order valence-corrected chi connectivity index (χ2v) is 5.32. The van der Waals surface area contributed by atoms with Gasteiger partial charge in [0.2, 0.25) is 11.7 Å². The van der Waals surface area contributed by atoms with E-state index in [4.69, 9.17) is 16.1 Å². The maximum atomic E-state index is 5.84. The van der Waals surface area contributed by atoms with E-state index in [1.54, 1.807) is 23.9 Å². The Balaban J connectivity index is 1.67. The van der Waals surface area contributed by atoms with E-state index in [9.17, 15) is 0 Å². The molecule has 0 saturated heterocycles. The Morgan fingerprint density at radius 1 is 1.32 bits per heavy atom. The molecule has 0 amide bonds. The van der Waals surface area contributed by atoms with E-state index in [0.717, 1.165) is 23.8 Å². The van der Waals surface area contributed by atoms with Gasteiger partial charge in [0, 0.05) is 17.1 Å². The summed E-state index contributed by atoms with van der Waals surface area (Å²) in [6, 6.07) is 7.34. The van der Waals surface area contributed by atoms with Crippen LogP contribution in [0, 0.1) is 0 Å². The predicted molar refractivity (Wildman–Crippen MR) is 76.3 cm³/mol. The first-order valence-electron chi connectivity index (χ1n) is 5.81. The molecule has 0 spiro atoms. The monoisotopic (exact) mass is 294 g/mol. The fourth-order valence-corrected chi connectivity index (χ4v) is 2.52. The lowest BCUT2D eigenvalue weighted by Crippen LogP contribution is -2.15. The molecule has 0 bridgehead atoms. The number of thioether (sulfide) groups is 1. The number of rotatable bonds is 3. The van der Waals surface area contributed by atoms with Gasteiger partial charge < -0.3 is 9.84 Å². The van der Waals surface area contributed by atoms with Crippen LogP contribution in [0.15, 0.2) is 33.8 Å². The highest BCUT2D eigenvalue weighted by molar-refractivity contribution is 8.13. The van der Waals surface area contributed by atoms with Crippen LogP contribution in [0.5, 0.6) is 0 Å². The average molecular weight is 295 g/mol. The van der Waals surface area contributed by atoms with Gasteiger partial charge >= 0.3 is 0 Å². The molecule has 7 heteroatoms. The third kappa shape index (κ3) is 3.08. The van der Waals surface area contributed by atoms with Crippen LogP contribution in [-0.4, -0.2) is 28.4 Å². The Hall–Kier alpha value is -1.53. The number of benzene rings is 1. The molecule has 0 atom stereocenters. The van der Waals surface area contributed by atoms with E-state index in [0.29, 0.717) is 22.5 Å². The van der Waals surface area contributed by atoms with Gasteiger partial charge in [-0.15, -0.1) is 0 Å². The smallest absolute Gasteiger partial charge is 0.237 e. The molecular formula is C12H11ClN4OS. The zero-order valence-electron chi connectivity index (χ0n) is 9.97. The molecule has 0 radical (unpaired) electrons. The van der Waals surface area contributed by atoms with Crippen molar-refractivity contribution >= 4 is 28.5 Å². The molecule has 0 fully saturated rings.